The maximum absolute atomic E-state index is 10.8. The van der Waals surface area contributed by atoms with Crippen molar-refractivity contribution >= 4 is 10.0 Å². The third-order valence-corrected chi connectivity index (χ3v) is 2.09. The van der Waals surface area contributed by atoms with Crippen LogP contribution in [0.3, 0.4) is 0 Å². The van der Waals surface area contributed by atoms with E-state index in [-0.39, 0.29) is 5.03 Å². The second kappa shape index (κ2) is 2.65. The van der Waals surface area contributed by atoms with Gasteiger partial charge in [-0.3, -0.25) is 0 Å². The minimum atomic E-state index is -3.81. The van der Waals surface area contributed by atoms with E-state index in [4.69, 9.17) is 5.53 Å². The summed E-state index contributed by atoms with van der Waals surface area (Å²) in [5.41, 5.74) is 7.87. The van der Waals surface area contributed by atoms with Crippen molar-refractivity contribution in [2.24, 2.45) is 4.52 Å². The first kappa shape index (κ1) is 7.64. The van der Waals surface area contributed by atoms with Gasteiger partial charge in [-0.25, -0.2) is 8.42 Å². The molecule has 0 radical (unpaired) electrons. The Morgan fingerprint density at radius 1 is 1.64 bits per heavy atom. The maximum Gasteiger partial charge on any atom is 0.279 e. The molecule has 1 heterocycles. The molecule has 1 aromatic rings. The lowest BCUT2D eigenvalue weighted by atomic mass is 10.7. The van der Waals surface area contributed by atoms with Crippen LogP contribution in [0.15, 0.2) is 27.9 Å². The summed E-state index contributed by atoms with van der Waals surface area (Å²) in [6.45, 7) is 0. The Balaban J connectivity index is 3.22. The van der Waals surface area contributed by atoms with Crippen LogP contribution >= 0.6 is 0 Å². The van der Waals surface area contributed by atoms with Crippen LogP contribution < -0.4 is 0 Å². The monoisotopic (exact) mass is 172 g/mol. The first-order valence-electron chi connectivity index (χ1n) is 2.61. The molecule has 0 spiro atoms. The lowest BCUT2D eigenvalue weighted by Crippen LogP contribution is -1.94. The van der Waals surface area contributed by atoms with E-state index >= 15 is 0 Å². The molecular formula is C4H4N4O2S. The van der Waals surface area contributed by atoms with Gasteiger partial charge in [0.15, 0.2) is 0 Å². The number of aromatic nitrogens is 1. The molecule has 0 saturated heterocycles. The van der Waals surface area contributed by atoms with Gasteiger partial charge in [0, 0.05) is 15.6 Å². The molecular weight excluding hydrogens is 168 g/mol. The van der Waals surface area contributed by atoms with E-state index in [0.29, 0.717) is 0 Å². The molecule has 0 amide bonds. The van der Waals surface area contributed by atoms with Crippen LogP contribution in [0.25, 0.3) is 10.4 Å². The molecule has 0 bridgehead atoms. The predicted octanol–water partition coefficient (Wildman–Crippen LogP) is 1.01. The molecule has 0 aromatic carbocycles. The van der Waals surface area contributed by atoms with Crippen molar-refractivity contribution < 1.29 is 8.42 Å². The van der Waals surface area contributed by atoms with Crippen LogP contribution in [0.1, 0.15) is 0 Å². The number of H-pyrrole nitrogens is 1. The summed E-state index contributed by atoms with van der Waals surface area (Å²) >= 11 is 0. The van der Waals surface area contributed by atoms with E-state index < -0.39 is 10.0 Å². The summed E-state index contributed by atoms with van der Waals surface area (Å²) in [6, 6.07) is 2.81. The fourth-order valence-corrected chi connectivity index (χ4v) is 1.22. The van der Waals surface area contributed by atoms with Crippen LogP contribution in [-0.2, 0) is 10.0 Å². The van der Waals surface area contributed by atoms with E-state index in [1.54, 1.807) is 0 Å². The minimum absolute atomic E-state index is 0.102. The smallest absolute Gasteiger partial charge is 0.279 e. The zero-order valence-corrected chi connectivity index (χ0v) is 6.11. The molecule has 11 heavy (non-hydrogen) atoms. The Hall–Kier alpha value is -1.46. The second-order valence-electron chi connectivity index (χ2n) is 1.68. The van der Waals surface area contributed by atoms with E-state index in [0.717, 1.165) is 0 Å². The van der Waals surface area contributed by atoms with Crippen molar-refractivity contribution in [3.8, 4) is 0 Å². The fraction of sp³-hybridized carbons (Fsp3) is 0. The number of nitrogens with one attached hydrogen (secondary N) is 1. The molecule has 1 aromatic heterocycles. The average molecular weight is 172 g/mol. The van der Waals surface area contributed by atoms with Crippen molar-refractivity contribution in [1.82, 2.24) is 4.98 Å². The summed E-state index contributed by atoms with van der Waals surface area (Å²) in [5, 5.41) is -0.102. The van der Waals surface area contributed by atoms with Gasteiger partial charge in [0.2, 0.25) is 0 Å². The number of rotatable bonds is 2. The fourth-order valence-electron chi connectivity index (χ4n) is 0.566. The third-order valence-electron chi connectivity index (χ3n) is 0.991. The average Bonchev–Trinajstić information content (AvgIpc) is 2.37. The van der Waals surface area contributed by atoms with Crippen molar-refractivity contribution in [2.45, 2.75) is 5.03 Å². The van der Waals surface area contributed by atoms with Gasteiger partial charge in [0.25, 0.3) is 10.0 Å². The number of nitrogens with zero attached hydrogens (tertiary/aromatic N) is 3. The standard InChI is InChI=1S/C4H4N4O2S/c5-7-8-11(9,10)4-2-1-3-6-4/h1-3,6H. The number of sulfonamides is 1. The predicted molar refractivity (Wildman–Crippen MR) is 37.1 cm³/mol. The van der Waals surface area contributed by atoms with Gasteiger partial charge in [-0.05, 0) is 17.7 Å². The zero-order valence-electron chi connectivity index (χ0n) is 5.30. The van der Waals surface area contributed by atoms with Crippen LogP contribution in [0.2, 0.25) is 0 Å². The second-order valence-corrected chi connectivity index (χ2v) is 3.23. The number of azide groups is 1. The zero-order chi connectivity index (χ0) is 8.32. The van der Waals surface area contributed by atoms with Gasteiger partial charge in [0.05, 0.1) is 0 Å². The summed E-state index contributed by atoms with van der Waals surface area (Å²) < 4.78 is 24.3. The van der Waals surface area contributed by atoms with Crippen molar-refractivity contribution in [3.05, 3.63) is 28.8 Å². The van der Waals surface area contributed by atoms with Gasteiger partial charge in [-0.2, -0.15) is 0 Å². The van der Waals surface area contributed by atoms with Crippen LogP contribution in [-0.4, -0.2) is 13.4 Å². The Bertz CT molecular complexity index is 372. The van der Waals surface area contributed by atoms with Crippen molar-refractivity contribution in [1.29, 1.82) is 0 Å². The molecule has 0 saturated carbocycles. The Kier molecular flexibility index (Phi) is 1.84. The molecule has 0 aliphatic heterocycles. The molecule has 0 unspecified atom stereocenters. The summed E-state index contributed by atoms with van der Waals surface area (Å²) in [6.07, 6.45) is 1.43. The van der Waals surface area contributed by atoms with Gasteiger partial charge < -0.3 is 4.98 Å². The summed E-state index contributed by atoms with van der Waals surface area (Å²) in [7, 11) is -3.81. The Morgan fingerprint density at radius 2 is 2.36 bits per heavy atom. The van der Waals surface area contributed by atoms with Crippen molar-refractivity contribution in [2.75, 3.05) is 0 Å². The highest BCUT2D eigenvalue weighted by Gasteiger charge is 2.10. The molecule has 7 heteroatoms. The molecule has 0 aliphatic carbocycles. The highest BCUT2D eigenvalue weighted by Crippen LogP contribution is 2.07. The normalized spacial score (nSPS) is 10.5. The third kappa shape index (κ3) is 1.51. The summed E-state index contributed by atoms with van der Waals surface area (Å²) in [4.78, 5) is 4.59. The minimum Gasteiger partial charge on any atom is -0.352 e. The van der Waals surface area contributed by atoms with Crippen LogP contribution in [0, 0.1) is 0 Å². The Morgan fingerprint density at radius 3 is 2.82 bits per heavy atom. The van der Waals surface area contributed by atoms with E-state index in [9.17, 15) is 8.42 Å². The molecule has 6 nitrogen and oxygen atoms in total. The number of hydrogen-bond donors (Lipinski definition) is 1. The van der Waals surface area contributed by atoms with E-state index in [1.807, 2.05) is 0 Å². The molecule has 1 N–H and O–H groups in total. The molecule has 0 atom stereocenters. The highest BCUT2D eigenvalue weighted by atomic mass is 32.2. The van der Waals surface area contributed by atoms with Gasteiger partial charge in [-0.15, -0.1) is 0 Å². The van der Waals surface area contributed by atoms with Gasteiger partial charge >= 0.3 is 0 Å². The van der Waals surface area contributed by atoms with E-state index in [2.05, 4.69) is 14.4 Å². The van der Waals surface area contributed by atoms with Gasteiger partial charge in [0.1, 0.15) is 5.03 Å². The lowest BCUT2D eigenvalue weighted by molar-refractivity contribution is 0.594. The molecule has 0 aliphatic rings. The molecule has 58 valence electrons. The van der Waals surface area contributed by atoms with Gasteiger partial charge in [-0.1, -0.05) is 0 Å². The quantitative estimate of drug-likeness (QED) is 0.409. The maximum atomic E-state index is 10.8. The number of aromatic amines is 1. The first-order valence-corrected chi connectivity index (χ1v) is 4.05. The van der Waals surface area contributed by atoms with Crippen LogP contribution in [0.4, 0.5) is 0 Å². The van der Waals surface area contributed by atoms with E-state index in [1.165, 1.54) is 18.3 Å². The lowest BCUT2D eigenvalue weighted by Gasteiger charge is -1.88. The topological polar surface area (TPSA) is 98.7 Å². The largest absolute Gasteiger partial charge is 0.352 e. The molecule has 1 rings (SSSR count). The molecule has 0 fully saturated rings. The van der Waals surface area contributed by atoms with Crippen LogP contribution in [0.5, 0.6) is 0 Å². The van der Waals surface area contributed by atoms with Crippen molar-refractivity contribution in [3.63, 3.8) is 0 Å². The first-order chi connectivity index (χ1) is 5.17. The SMILES string of the molecule is [N-]=[N+]=NS(=O)(=O)c1ccc[nH]1. The highest BCUT2D eigenvalue weighted by molar-refractivity contribution is 7.89. The Labute approximate surface area is 62.5 Å². The summed E-state index contributed by atoms with van der Waals surface area (Å²) in [5.74, 6) is 0. The number of hydrogen-bond acceptors (Lipinski definition) is 2.